The summed E-state index contributed by atoms with van der Waals surface area (Å²) in [5.74, 6) is 0.786. The van der Waals surface area contributed by atoms with Crippen LogP contribution >= 0.6 is 11.6 Å². The minimum absolute atomic E-state index is 0.0255. The van der Waals surface area contributed by atoms with Gasteiger partial charge in [-0.15, -0.1) is 0 Å². The predicted octanol–water partition coefficient (Wildman–Crippen LogP) is 4.76. The van der Waals surface area contributed by atoms with E-state index < -0.39 is 0 Å². The van der Waals surface area contributed by atoms with E-state index in [9.17, 15) is 4.79 Å². The lowest BCUT2D eigenvalue weighted by molar-refractivity contribution is -0.116. The van der Waals surface area contributed by atoms with E-state index in [1.807, 2.05) is 36.4 Å². The van der Waals surface area contributed by atoms with Gasteiger partial charge in [0.15, 0.2) is 0 Å². The minimum Gasteiger partial charge on any atom is -0.371 e. The molecule has 1 amide bonds. The number of anilines is 2. The van der Waals surface area contributed by atoms with Crippen molar-refractivity contribution in [3.8, 4) is 0 Å². The molecule has 4 heteroatoms. The Bertz CT molecular complexity index is 699. The van der Waals surface area contributed by atoms with E-state index in [2.05, 4.69) is 29.3 Å². The highest BCUT2D eigenvalue weighted by Gasteiger charge is 2.18. The summed E-state index contributed by atoms with van der Waals surface area (Å²) < 4.78 is 0. The second-order valence-corrected chi connectivity index (χ2v) is 7.00. The molecule has 0 saturated carbocycles. The minimum atomic E-state index is 0.0255. The number of nitrogens with zero attached hydrogens (tertiary/aromatic N) is 1. The maximum Gasteiger partial charge on any atom is 0.224 e. The maximum absolute atomic E-state index is 12.1. The molecule has 0 bridgehead atoms. The Morgan fingerprint density at radius 3 is 2.71 bits per heavy atom. The van der Waals surface area contributed by atoms with Crippen molar-refractivity contribution in [2.45, 2.75) is 26.2 Å². The van der Waals surface area contributed by atoms with Gasteiger partial charge in [0, 0.05) is 35.9 Å². The summed E-state index contributed by atoms with van der Waals surface area (Å²) in [5.41, 5.74) is 3.16. The van der Waals surface area contributed by atoms with Crippen LogP contribution in [0.25, 0.3) is 0 Å². The second-order valence-electron chi connectivity index (χ2n) is 6.56. The van der Waals surface area contributed by atoms with Crippen LogP contribution in [0.15, 0.2) is 48.5 Å². The standard InChI is InChI=1S/C20H23ClN2O/c1-15-11-12-23(14-15)19-8-6-18(7-9-19)22-20(24)10-5-16-3-2-4-17(21)13-16/h2-4,6-9,13,15H,5,10-12,14H2,1H3,(H,22,24). The summed E-state index contributed by atoms with van der Waals surface area (Å²) in [5, 5.41) is 3.67. The van der Waals surface area contributed by atoms with Crippen molar-refractivity contribution >= 4 is 28.9 Å². The van der Waals surface area contributed by atoms with Gasteiger partial charge in [-0.25, -0.2) is 0 Å². The maximum atomic E-state index is 12.1. The molecule has 1 aliphatic rings. The zero-order valence-corrected chi connectivity index (χ0v) is 14.7. The number of amides is 1. The lowest BCUT2D eigenvalue weighted by Gasteiger charge is -2.18. The number of aryl methyl sites for hydroxylation is 1. The smallest absolute Gasteiger partial charge is 0.224 e. The molecule has 1 unspecified atom stereocenters. The highest BCUT2D eigenvalue weighted by molar-refractivity contribution is 6.30. The van der Waals surface area contributed by atoms with Gasteiger partial charge in [0.25, 0.3) is 0 Å². The number of hydrogen-bond acceptors (Lipinski definition) is 2. The van der Waals surface area contributed by atoms with E-state index in [0.717, 1.165) is 30.3 Å². The first-order chi connectivity index (χ1) is 11.6. The van der Waals surface area contributed by atoms with E-state index >= 15 is 0 Å². The Kier molecular flexibility index (Phi) is 5.41. The van der Waals surface area contributed by atoms with Crippen molar-refractivity contribution < 1.29 is 4.79 Å². The highest BCUT2D eigenvalue weighted by Crippen LogP contribution is 2.24. The molecule has 0 aliphatic carbocycles. The fourth-order valence-electron chi connectivity index (χ4n) is 3.10. The average molecular weight is 343 g/mol. The van der Waals surface area contributed by atoms with E-state index in [0.29, 0.717) is 17.9 Å². The molecule has 126 valence electrons. The first-order valence-corrected chi connectivity index (χ1v) is 8.87. The topological polar surface area (TPSA) is 32.3 Å². The second kappa shape index (κ2) is 7.71. The molecule has 3 rings (SSSR count). The van der Waals surface area contributed by atoms with Gasteiger partial charge in [0.1, 0.15) is 0 Å². The van der Waals surface area contributed by atoms with Crippen LogP contribution in [0.3, 0.4) is 0 Å². The summed E-state index contributed by atoms with van der Waals surface area (Å²) in [6, 6.07) is 15.8. The van der Waals surface area contributed by atoms with Crippen LogP contribution in [-0.2, 0) is 11.2 Å². The number of hydrogen-bond donors (Lipinski definition) is 1. The Balaban J connectivity index is 1.51. The summed E-state index contributed by atoms with van der Waals surface area (Å²) in [6.45, 7) is 4.52. The molecule has 1 atom stereocenters. The van der Waals surface area contributed by atoms with Gasteiger partial charge in [0.05, 0.1) is 0 Å². The molecule has 1 heterocycles. The van der Waals surface area contributed by atoms with Crippen LogP contribution in [-0.4, -0.2) is 19.0 Å². The molecule has 3 nitrogen and oxygen atoms in total. The van der Waals surface area contributed by atoms with Gasteiger partial charge in [-0.1, -0.05) is 30.7 Å². The number of halogens is 1. The number of carbonyl (C=O) groups is 1. The Morgan fingerprint density at radius 2 is 2.04 bits per heavy atom. The number of carbonyl (C=O) groups excluding carboxylic acids is 1. The summed E-state index contributed by atoms with van der Waals surface area (Å²) in [6.07, 6.45) is 2.39. The molecule has 2 aromatic rings. The van der Waals surface area contributed by atoms with E-state index in [4.69, 9.17) is 11.6 Å². The van der Waals surface area contributed by atoms with Crippen molar-refractivity contribution in [2.24, 2.45) is 5.92 Å². The lowest BCUT2D eigenvalue weighted by atomic mass is 10.1. The van der Waals surface area contributed by atoms with Gasteiger partial charge < -0.3 is 10.2 Å². The van der Waals surface area contributed by atoms with Gasteiger partial charge in [-0.2, -0.15) is 0 Å². The van der Waals surface area contributed by atoms with Crippen molar-refractivity contribution in [1.82, 2.24) is 0 Å². The first kappa shape index (κ1) is 16.8. The molecule has 24 heavy (non-hydrogen) atoms. The SMILES string of the molecule is CC1CCN(c2ccc(NC(=O)CCc3cccc(Cl)c3)cc2)C1. The Hall–Kier alpha value is -2.00. The molecule has 0 spiro atoms. The summed E-state index contributed by atoms with van der Waals surface area (Å²) >= 11 is 5.96. The predicted molar refractivity (Wildman–Crippen MR) is 101 cm³/mol. The molecule has 2 aromatic carbocycles. The largest absolute Gasteiger partial charge is 0.371 e. The molecule has 0 radical (unpaired) electrons. The van der Waals surface area contributed by atoms with E-state index in [1.165, 1.54) is 12.1 Å². The van der Waals surface area contributed by atoms with Crippen molar-refractivity contribution in [2.75, 3.05) is 23.3 Å². The molecule has 1 aliphatic heterocycles. The molecule has 1 saturated heterocycles. The zero-order chi connectivity index (χ0) is 16.9. The number of nitrogens with one attached hydrogen (secondary N) is 1. The van der Waals surface area contributed by atoms with Gasteiger partial charge >= 0.3 is 0 Å². The van der Waals surface area contributed by atoms with Gasteiger partial charge in [-0.05, 0) is 60.7 Å². The third-order valence-electron chi connectivity index (χ3n) is 4.47. The fraction of sp³-hybridized carbons (Fsp3) is 0.350. The molecular formula is C20H23ClN2O. The third kappa shape index (κ3) is 4.51. The van der Waals surface area contributed by atoms with E-state index in [-0.39, 0.29) is 5.91 Å². The zero-order valence-electron chi connectivity index (χ0n) is 14.0. The van der Waals surface area contributed by atoms with Crippen LogP contribution in [0, 0.1) is 5.92 Å². The third-order valence-corrected chi connectivity index (χ3v) is 4.70. The Morgan fingerprint density at radius 1 is 1.25 bits per heavy atom. The Labute approximate surface area is 148 Å². The summed E-state index contributed by atoms with van der Waals surface area (Å²) in [7, 11) is 0. The molecule has 1 fully saturated rings. The average Bonchev–Trinajstić information content (AvgIpc) is 3.00. The van der Waals surface area contributed by atoms with E-state index in [1.54, 1.807) is 0 Å². The number of rotatable bonds is 5. The lowest BCUT2D eigenvalue weighted by Crippen LogP contribution is -2.19. The normalized spacial score (nSPS) is 17.1. The van der Waals surface area contributed by atoms with Crippen LogP contribution in [0.2, 0.25) is 5.02 Å². The summed E-state index contributed by atoms with van der Waals surface area (Å²) in [4.78, 5) is 14.5. The molecule has 0 aromatic heterocycles. The highest BCUT2D eigenvalue weighted by atomic mass is 35.5. The van der Waals surface area contributed by atoms with Crippen LogP contribution in [0.5, 0.6) is 0 Å². The van der Waals surface area contributed by atoms with Gasteiger partial charge in [0.2, 0.25) is 5.91 Å². The first-order valence-electron chi connectivity index (χ1n) is 8.49. The van der Waals surface area contributed by atoms with Crippen molar-refractivity contribution in [1.29, 1.82) is 0 Å². The molecule has 1 N–H and O–H groups in total. The van der Waals surface area contributed by atoms with Crippen LogP contribution < -0.4 is 10.2 Å². The fourth-order valence-corrected chi connectivity index (χ4v) is 3.31. The molecular weight excluding hydrogens is 320 g/mol. The van der Waals surface area contributed by atoms with Crippen molar-refractivity contribution in [3.63, 3.8) is 0 Å². The quantitative estimate of drug-likeness (QED) is 0.849. The monoisotopic (exact) mass is 342 g/mol. The van der Waals surface area contributed by atoms with Crippen LogP contribution in [0.4, 0.5) is 11.4 Å². The van der Waals surface area contributed by atoms with Crippen LogP contribution in [0.1, 0.15) is 25.3 Å². The number of benzene rings is 2. The van der Waals surface area contributed by atoms with Crippen molar-refractivity contribution in [3.05, 3.63) is 59.1 Å². The van der Waals surface area contributed by atoms with Gasteiger partial charge in [-0.3, -0.25) is 4.79 Å².